The summed E-state index contributed by atoms with van der Waals surface area (Å²) in [4.78, 5) is 11.5. The lowest BCUT2D eigenvalue weighted by atomic mass is 10.0. The molecule has 1 aromatic rings. The number of hydrogen-bond acceptors (Lipinski definition) is 4. The summed E-state index contributed by atoms with van der Waals surface area (Å²) < 4.78 is 4.70. The molecule has 0 aliphatic carbocycles. The molecule has 0 fully saturated rings. The van der Waals surface area contributed by atoms with Crippen LogP contribution in [0.3, 0.4) is 0 Å². The molecule has 4 heteroatoms. The Kier molecular flexibility index (Phi) is 6.39. The molecule has 0 amide bonds. The Morgan fingerprint density at radius 2 is 2.06 bits per heavy atom. The summed E-state index contributed by atoms with van der Waals surface area (Å²) in [6.45, 7) is 2.93. The van der Waals surface area contributed by atoms with Crippen molar-refractivity contribution in [3.63, 3.8) is 0 Å². The molecule has 100 valence electrons. The standard InChI is InChI=1S/C14H21NO3/c1-3-13(16)12(14(17)18-2)10-15-9-11-7-5-4-6-8-11/h4-8,12-13,15-16H,3,9-10H2,1-2H3/t12-,13+/m0/s1. The first-order valence-electron chi connectivity index (χ1n) is 6.19. The number of hydrogen-bond donors (Lipinski definition) is 2. The Balaban J connectivity index is 2.45. The average Bonchev–Trinajstić information content (AvgIpc) is 2.43. The zero-order valence-electron chi connectivity index (χ0n) is 10.9. The zero-order valence-corrected chi connectivity index (χ0v) is 10.9. The van der Waals surface area contributed by atoms with Crippen molar-refractivity contribution in [2.45, 2.75) is 26.0 Å². The summed E-state index contributed by atoms with van der Waals surface area (Å²) in [6, 6.07) is 9.92. The highest BCUT2D eigenvalue weighted by atomic mass is 16.5. The van der Waals surface area contributed by atoms with Crippen molar-refractivity contribution in [3.8, 4) is 0 Å². The van der Waals surface area contributed by atoms with Gasteiger partial charge in [-0.15, -0.1) is 0 Å². The van der Waals surface area contributed by atoms with E-state index >= 15 is 0 Å². The third kappa shape index (κ3) is 4.47. The first kappa shape index (κ1) is 14.7. The van der Waals surface area contributed by atoms with Crippen molar-refractivity contribution < 1.29 is 14.6 Å². The van der Waals surface area contributed by atoms with Crippen LogP contribution in [-0.2, 0) is 16.1 Å². The SMILES string of the molecule is CC[C@@H](O)[C@H](CNCc1ccccc1)C(=O)OC. The van der Waals surface area contributed by atoms with Crippen LogP contribution >= 0.6 is 0 Å². The summed E-state index contributed by atoms with van der Waals surface area (Å²) in [7, 11) is 1.34. The number of methoxy groups -OCH3 is 1. The molecule has 2 N–H and O–H groups in total. The number of esters is 1. The number of ether oxygens (including phenoxy) is 1. The second-order valence-electron chi connectivity index (χ2n) is 4.22. The maximum atomic E-state index is 11.5. The van der Waals surface area contributed by atoms with Crippen LogP contribution in [0.4, 0.5) is 0 Å². The van der Waals surface area contributed by atoms with Gasteiger partial charge in [-0.2, -0.15) is 0 Å². The van der Waals surface area contributed by atoms with Gasteiger partial charge in [-0.3, -0.25) is 4.79 Å². The third-order valence-corrected chi connectivity index (χ3v) is 2.92. The highest BCUT2D eigenvalue weighted by Gasteiger charge is 2.25. The number of carbonyl (C=O) groups excluding carboxylic acids is 1. The highest BCUT2D eigenvalue weighted by Crippen LogP contribution is 2.09. The van der Waals surface area contributed by atoms with E-state index in [4.69, 9.17) is 4.74 Å². The second kappa shape index (κ2) is 7.84. The summed E-state index contributed by atoms with van der Waals surface area (Å²) in [5, 5.41) is 12.9. The zero-order chi connectivity index (χ0) is 13.4. The predicted octanol–water partition coefficient (Wildman–Crippen LogP) is 1.34. The number of nitrogens with one attached hydrogen (secondary N) is 1. The molecule has 4 nitrogen and oxygen atoms in total. The van der Waals surface area contributed by atoms with Crippen LogP contribution in [0.2, 0.25) is 0 Å². The smallest absolute Gasteiger partial charge is 0.312 e. The van der Waals surface area contributed by atoms with Crippen molar-refractivity contribution in [2.75, 3.05) is 13.7 Å². The lowest BCUT2D eigenvalue weighted by Gasteiger charge is -2.20. The lowest BCUT2D eigenvalue weighted by Crippen LogP contribution is -2.37. The van der Waals surface area contributed by atoms with E-state index < -0.39 is 12.0 Å². The van der Waals surface area contributed by atoms with E-state index in [0.717, 1.165) is 5.56 Å². The van der Waals surface area contributed by atoms with Gasteiger partial charge in [-0.1, -0.05) is 37.3 Å². The fourth-order valence-electron chi connectivity index (χ4n) is 1.78. The minimum absolute atomic E-state index is 0.370. The molecule has 18 heavy (non-hydrogen) atoms. The van der Waals surface area contributed by atoms with E-state index in [9.17, 15) is 9.90 Å². The number of rotatable bonds is 7. The van der Waals surface area contributed by atoms with Crippen molar-refractivity contribution in [3.05, 3.63) is 35.9 Å². The van der Waals surface area contributed by atoms with E-state index in [1.54, 1.807) is 0 Å². The fourth-order valence-corrected chi connectivity index (χ4v) is 1.78. The van der Waals surface area contributed by atoms with Crippen LogP contribution in [0.1, 0.15) is 18.9 Å². The van der Waals surface area contributed by atoms with Gasteiger partial charge >= 0.3 is 5.97 Å². The summed E-state index contributed by atoms with van der Waals surface area (Å²) in [6.07, 6.45) is -0.131. The topological polar surface area (TPSA) is 58.6 Å². The van der Waals surface area contributed by atoms with Gasteiger partial charge in [0.15, 0.2) is 0 Å². The van der Waals surface area contributed by atoms with Crippen molar-refractivity contribution in [1.82, 2.24) is 5.32 Å². The van der Waals surface area contributed by atoms with Crippen LogP contribution in [-0.4, -0.2) is 30.8 Å². The maximum absolute atomic E-state index is 11.5. The molecule has 0 radical (unpaired) electrons. The number of aliphatic hydroxyl groups excluding tert-OH is 1. The Morgan fingerprint density at radius 1 is 1.39 bits per heavy atom. The molecule has 0 saturated carbocycles. The van der Waals surface area contributed by atoms with Gasteiger partial charge in [0.2, 0.25) is 0 Å². The quantitative estimate of drug-likeness (QED) is 0.718. The van der Waals surface area contributed by atoms with Gasteiger partial charge in [0.25, 0.3) is 0 Å². The van der Waals surface area contributed by atoms with E-state index in [1.807, 2.05) is 37.3 Å². The van der Waals surface area contributed by atoms with Gasteiger partial charge in [0.05, 0.1) is 19.1 Å². The Bertz CT molecular complexity index is 353. The first-order chi connectivity index (χ1) is 8.69. The number of benzene rings is 1. The molecular formula is C14H21NO3. The average molecular weight is 251 g/mol. The first-order valence-corrected chi connectivity index (χ1v) is 6.19. The second-order valence-corrected chi connectivity index (χ2v) is 4.22. The Hall–Kier alpha value is -1.39. The van der Waals surface area contributed by atoms with Gasteiger partial charge in [-0.05, 0) is 12.0 Å². The van der Waals surface area contributed by atoms with E-state index in [-0.39, 0.29) is 5.97 Å². The van der Waals surface area contributed by atoms with Gasteiger partial charge in [-0.25, -0.2) is 0 Å². The van der Waals surface area contributed by atoms with Crippen LogP contribution in [0.25, 0.3) is 0 Å². The summed E-state index contributed by atoms with van der Waals surface area (Å²) >= 11 is 0. The maximum Gasteiger partial charge on any atom is 0.312 e. The molecule has 1 aromatic carbocycles. The van der Waals surface area contributed by atoms with Crippen molar-refractivity contribution in [2.24, 2.45) is 5.92 Å². The molecule has 0 bridgehead atoms. The minimum atomic E-state index is -0.666. The molecule has 0 aromatic heterocycles. The van der Waals surface area contributed by atoms with Crippen LogP contribution in [0.5, 0.6) is 0 Å². The van der Waals surface area contributed by atoms with Crippen molar-refractivity contribution in [1.29, 1.82) is 0 Å². The normalized spacial score (nSPS) is 13.9. The molecule has 0 unspecified atom stereocenters. The molecule has 0 heterocycles. The van der Waals surface area contributed by atoms with Crippen LogP contribution in [0.15, 0.2) is 30.3 Å². The molecule has 0 aliphatic heterocycles. The number of carbonyl (C=O) groups is 1. The molecule has 0 aliphatic rings. The largest absolute Gasteiger partial charge is 0.469 e. The van der Waals surface area contributed by atoms with E-state index in [0.29, 0.717) is 19.5 Å². The molecule has 2 atom stereocenters. The molecule has 0 saturated heterocycles. The highest BCUT2D eigenvalue weighted by molar-refractivity contribution is 5.73. The molecular weight excluding hydrogens is 230 g/mol. The van der Waals surface area contributed by atoms with Gasteiger partial charge < -0.3 is 15.2 Å². The van der Waals surface area contributed by atoms with Crippen LogP contribution in [0, 0.1) is 5.92 Å². The van der Waals surface area contributed by atoms with E-state index in [1.165, 1.54) is 7.11 Å². The summed E-state index contributed by atoms with van der Waals surface area (Å²) in [5.41, 5.74) is 1.15. The Morgan fingerprint density at radius 3 is 2.61 bits per heavy atom. The van der Waals surface area contributed by atoms with E-state index in [2.05, 4.69) is 5.32 Å². The monoisotopic (exact) mass is 251 g/mol. The predicted molar refractivity (Wildman–Crippen MR) is 70.0 cm³/mol. The fraction of sp³-hybridized carbons (Fsp3) is 0.500. The molecule has 0 spiro atoms. The van der Waals surface area contributed by atoms with Gasteiger partial charge in [0.1, 0.15) is 0 Å². The lowest BCUT2D eigenvalue weighted by molar-refractivity contribution is -0.149. The summed E-state index contributed by atoms with van der Waals surface area (Å²) in [5.74, 6) is -0.881. The van der Waals surface area contributed by atoms with Crippen LogP contribution < -0.4 is 5.32 Å². The molecule has 1 rings (SSSR count). The number of aliphatic hydroxyl groups is 1. The van der Waals surface area contributed by atoms with Gasteiger partial charge in [0, 0.05) is 13.1 Å². The minimum Gasteiger partial charge on any atom is -0.469 e. The Labute approximate surface area is 108 Å². The van der Waals surface area contributed by atoms with Crippen molar-refractivity contribution >= 4 is 5.97 Å². The third-order valence-electron chi connectivity index (χ3n) is 2.92.